The summed E-state index contributed by atoms with van der Waals surface area (Å²) in [6.45, 7) is 4.00. The summed E-state index contributed by atoms with van der Waals surface area (Å²) in [4.78, 5) is 17.0. The monoisotopic (exact) mass is 329 g/mol. The van der Waals surface area contributed by atoms with Crippen LogP contribution in [-0.2, 0) is 0 Å². The highest BCUT2D eigenvalue weighted by atomic mass is 16.2. The van der Waals surface area contributed by atoms with Crippen molar-refractivity contribution in [1.29, 1.82) is 0 Å². The highest BCUT2D eigenvalue weighted by molar-refractivity contribution is 5.88. The number of hydrogen-bond donors (Lipinski definition) is 1. The van der Waals surface area contributed by atoms with E-state index in [9.17, 15) is 4.79 Å². The number of likely N-dealkylation sites (tertiary alicyclic amines) is 2. The van der Waals surface area contributed by atoms with Crippen molar-refractivity contribution in [3.8, 4) is 0 Å². The molecule has 24 heavy (non-hydrogen) atoms. The quantitative estimate of drug-likeness (QED) is 0.906. The number of carbonyl (C=O) groups is 1. The van der Waals surface area contributed by atoms with Crippen LogP contribution < -0.4 is 5.32 Å². The van der Waals surface area contributed by atoms with Crippen molar-refractivity contribution in [3.05, 3.63) is 17.8 Å². The molecule has 2 aliphatic heterocycles. The van der Waals surface area contributed by atoms with Gasteiger partial charge >= 0.3 is 6.03 Å². The molecule has 1 saturated carbocycles. The summed E-state index contributed by atoms with van der Waals surface area (Å²) < 4.78 is 0. The van der Waals surface area contributed by atoms with Crippen molar-refractivity contribution in [3.63, 3.8) is 0 Å². The fourth-order valence-electron chi connectivity index (χ4n) is 4.08. The molecule has 6 heteroatoms. The van der Waals surface area contributed by atoms with Crippen LogP contribution in [0.25, 0.3) is 0 Å². The molecule has 0 unspecified atom stereocenters. The molecule has 6 nitrogen and oxygen atoms in total. The number of amides is 2. The van der Waals surface area contributed by atoms with Gasteiger partial charge < -0.3 is 9.80 Å². The Morgan fingerprint density at radius 3 is 2.62 bits per heavy atom. The summed E-state index contributed by atoms with van der Waals surface area (Å²) in [5.74, 6) is 1.15. The first-order valence-corrected chi connectivity index (χ1v) is 9.22. The third-order valence-corrected chi connectivity index (χ3v) is 5.91. The van der Waals surface area contributed by atoms with Crippen molar-refractivity contribution in [2.75, 3.05) is 38.5 Å². The van der Waals surface area contributed by atoms with E-state index in [0.717, 1.165) is 38.3 Å². The van der Waals surface area contributed by atoms with Gasteiger partial charge in [0.1, 0.15) is 0 Å². The molecule has 2 amide bonds. The van der Waals surface area contributed by atoms with Gasteiger partial charge in [-0.1, -0.05) is 0 Å². The van der Waals surface area contributed by atoms with E-state index in [2.05, 4.69) is 27.5 Å². The van der Waals surface area contributed by atoms with Crippen LogP contribution in [0.2, 0.25) is 0 Å². The van der Waals surface area contributed by atoms with Crippen molar-refractivity contribution in [2.45, 2.75) is 44.4 Å². The van der Waals surface area contributed by atoms with Gasteiger partial charge in [0.05, 0.1) is 5.69 Å². The number of urea groups is 1. The number of hydrogen-bond acceptors (Lipinski definition) is 4. The van der Waals surface area contributed by atoms with Crippen LogP contribution in [0.15, 0.2) is 12.1 Å². The number of carbonyl (C=O) groups excluding carboxylic acids is 1. The Bertz CT molecular complexity index is 590. The molecule has 2 saturated heterocycles. The molecule has 1 aromatic heterocycles. The van der Waals surface area contributed by atoms with Gasteiger partial charge in [-0.15, -0.1) is 5.10 Å². The molecule has 1 N–H and O–H groups in total. The zero-order valence-corrected chi connectivity index (χ0v) is 14.5. The van der Waals surface area contributed by atoms with E-state index in [1.807, 2.05) is 17.0 Å². The van der Waals surface area contributed by atoms with Gasteiger partial charge in [-0.25, -0.2) is 4.79 Å². The number of anilines is 1. The van der Waals surface area contributed by atoms with Crippen LogP contribution in [0.1, 0.15) is 50.1 Å². The minimum atomic E-state index is -0.0264. The predicted octanol–water partition coefficient (Wildman–Crippen LogP) is 2.69. The van der Waals surface area contributed by atoms with E-state index < -0.39 is 0 Å². The molecule has 0 aromatic carbocycles. The molecule has 1 spiro atoms. The van der Waals surface area contributed by atoms with Crippen molar-refractivity contribution in [1.82, 2.24) is 20.0 Å². The van der Waals surface area contributed by atoms with E-state index in [0.29, 0.717) is 17.2 Å². The predicted molar refractivity (Wildman–Crippen MR) is 93.0 cm³/mol. The van der Waals surface area contributed by atoms with Gasteiger partial charge in [-0.05, 0) is 76.2 Å². The summed E-state index contributed by atoms with van der Waals surface area (Å²) in [6.07, 6.45) is 7.17. The molecule has 0 bridgehead atoms. The van der Waals surface area contributed by atoms with Gasteiger partial charge in [0.2, 0.25) is 0 Å². The second kappa shape index (κ2) is 6.31. The molecule has 0 atom stereocenters. The Morgan fingerprint density at radius 1 is 1.17 bits per heavy atom. The minimum Gasteiger partial charge on any atom is -0.324 e. The number of nitrogens with zero attached hydrogens (tertiary/aromatic N) is 4. The molecule has 3 aliphatic rings. The van der Waals surface area contributed by atoms with Crippen LogP contribution in [0.5, 0.6) is 0 Å². The Hall–Kier alpha value is -1.69. The first-order chi connectivity index (χ1) is 11.6. The lowest BCUT2D eigenvalue weighted by molar-refractivity contribution is 0.0486. The van der Waals surface area contributed by atoms with E-state index >= 15 is 0 Å². The van der Waals surface area contributed by atoms with Gasteiger partial charge in [0.15, 0.2) is 5.82 Å². The van der Waals surface area contributed by atoms with E-state index in [-0.39, 0.29) is 6.03 Å². The lowest BCUT2D eigenvalue weighted by Crippen LogP contribution is -2.51. The van der Waals surface area contributed by atoms with Gasteiger partial charge in [-0.2, -0.15) is 5.10 Å². The molecule has 4 rings (SSSR count). The van der Waals surface area contributed by atoms with E-state index in [4.69, 9.17) is 0 Å². The number of rotatable bonds is 2. The highest BCUT2D eigenvalue weighted by Gasteiger charge is 2.39. The topological polar surface area (TPSA) is 61.4 Å². The standard InChI is InChI=1S/C18H27N5O/c1-22-11-8-18(9-12-22)7-2-10-23(13-18)17(24)19-16-6-5-15(20-21-16)14-3-4-14/h5-6,14H,2-4,7-13H2,1H3,(H,19,21,24). The molecular formula is C18H27N5O. The number of nitrogens with one attached hydrogen (secondary N) is 1. The Labute approximate surface area is 143 Å². The molecule has 0 radical (unpaired) electrons. The third-order valence-electron chi connectivity index (χ3n) is 5.91. The van der Waals surface area contributed by atoms with Gasteiger partial charge in [0, 0.05) is 19.0 Å². The van der Waals surface area contributed by atoms with Crippen LogP contribution >= 0.6 is 0 Å². The average molecular weight is 329 g/mol. The average Bonchev–Trinajstić information content (AvgIpc) is 3.44. The largest absolute Gasteiger partial charge is 0.324 e. The van der Waals surface area contributed by atoms with Gasteiger partial charge in [0.25, 0.3) is 0 Å². The zero-order valence-electron chi connectivity index (χ0n) is 14.5. The van der Waals surface area contributed by atoms with Crippen LogP contribution in [0.3, 0.4) is 0 Å². The molecule has 3 fully saturated rings. The normalized spacial score (nSPS) is 24.1. The molecule has 130 valence electrons. The molecular weight excluding hydrogens is 302 g/mol. The summed E-state index contributed by atoms with van der Waals surface area (Å²) in [7, 11) is 2.18. The fraction of sp³-hybridized carbons (Fsp3) is 0.722. The van der Waals surface area contributed by atoms with Crippen molar-refractivity contribution in [2.24, 2.45) is 5.41 Å². The van der Waals surface area contributed by atoms with Crippen molar-refractivity contribution >= 4 is 11.8 Å². The van der Waals surface area contributed by atoms with Crippen LogP contribution in [-0.4, -0.2) is 59.3 Å². The SMILES string of the molecule is CN1CCC2(CCCN(C(=O)Nc3ccc(C4CC4)nn3)C2)CC1. The van der Waals surface area contributed by atoms with E-state index in [1.165, 1.54) is 32.1 Å². The maximum atomic E-state index is 12.6. The Morgan fingerprint density at radius 2 is 1.96 bits per heavy atom. The summed E-state index contributed by atoms with van der Waals surface area (Å²) in [5, 5.41) is 11.3. The fourth-order valence-corrected chi connectivity index (χ4v) is 4.08. The minimum absolute atomic E-state index is 0.0264. The number of aromatic nitrogens is 2. The van der Waals surface area contributed by atoms with Crippen LogP contribution in [0, 0.1) is 5.41 Å². The molecule has 1 aliphatic carbocycles. The maximum absolute atomic E-state index is 12.6. The molecule has 1 aromatic rings. The summed E-state index contributed by atoms with van der Waals surface area (Å²) in [5.41, 5.74) is 1.38. The van der Waals surface area contributed by atoms with Crippen LogP contribution in [0.4, 0.5) is 10.6 Å². The Balaban J connectivity index is 1.36. The van der Waals surface area contributed by atoms with E-state index in [1.54, 1.807) is 0 Å². The second-order valence-corrected chi connectivity index (χ2v) is 7.88. The summed E-state index contributed by atoms with van der Waals surface area (Å²) in [6, 6.07) is 3.85. The lowest BCUT2D eigenvalue weighted by Gasteiger charge is -2.47. The Kier molecular flexibility index (Phi) is 4.16. The first kappa shape index (κ1) is 15.8. The van der Waals surface area contributed by atoms with Gasteiger partial charge in [-0.3, -0.25) is 5.32 Å². The smallest absolute Gasteiger partial charge is 0.323 e. The number of piperidine rings is 2. The maximum Gasteiger partial charge on any atom is 0.323 e. The zero-order chi connectivity index (χ0) is 16.6. The molecule has 3 heterocycles. The summed E-state index contributed by atoms with van der Waals surface area (Å²) >= 11 is 0. The third kappa shape index (κ3) is 3.38. The second-order valence-electron chi connectivity index (χ2n) is 7.88. The lowest BCUT2D eigenvalue weighted by atomic mass is 9.72. The first-order valence-electron chi connectivity index (χ1n) is 9.22. The van der Waals surface area contributed by atoms with Crippen molar-refractivity contribution < 1.29 is 4.79 Å². The highest BCUT2D eigenvalue weighted by Crippen LogP contribution is 2.40.